The molecule has 0 bridgehead atoms. The average Bonchev–Trinajstić information content (AvgIpc) is 0. The van der Waals surface area contributed by atoms with E-state index in [4.69, 9.17) is 0 Å². The van der Waals surface area contributed by atoms with Gasteiger partial charge in [0.1, 0.15) is 0 Å². The van der Waals surface area contributed by atoms with Crippen molar-refractivity contribution in [2.45, 2.75) is 0 Å². The van der Waals surface area contributed by atoms with Crippen LogP contribution in [-0.2, 0) is 0 Å². The first-order valence-corrected chi connectivity index (χ1v) is 0. The summed E-state index contributed by atoms with van der Waals surface area (Å²) in [5.41, 5.74) is 0. The molecule has 0 spiro atoms. The first-order chi connectivity index (χ1) is 0. The predicted molar refractivity (Wildman–Crippen MR) is 34.0 cm³/mol. The molecule has 0 nitrogen and oxygen atoms in total. The van der Waals surface area contributed by atoms with Crippen LogP contribution in [0.3, 0.4) is 0 Å². The summed E-state index contributed by atoms with van der Waals surface area (Å²) in [6.07, 6.45) is 0. The summed E-state index contributed by atoms with van der Waals surface area (Å²) in [5, 5.41) is 0. The summed E-state index contributed by atoms with van der Waals surface area (Å²) in [6.45, 7) is 0. The van der Waals surface area contributed by atoms with E-state index in [0.717, 1.165) is 0 Å². The first kappa shape index (κ1) is 48.4. The molecule has 0 N–H and O–H groups in total. The Morgan fingerprint density at radius 3 is 0.500 bits per heavy atom. The second-order valence-electron chi connectivity index (χ2n) is 0. The minimum atomic E-state index is 0. The third-order valence-corrected chi connectivity index (χ3v) is 0. The van der Waals surface area contributed by atoms with Crippen LogP contribution in [0.25, 0.3) is 0 Å². The first-order valence-electron chi connectivity index (χ1n) is 0. The Labute approximate surface area is 64.9 Å². The van der Waals surface area contributed by atoms with Crippen molar-refractivity contribution >= 4 is 25.2 Å². The third kappa shape index (κ3) is 9.65. The van der Waals surface area contributed by atoms with Gasteiger partial charge in [-0.3, -0.25) is 0 Å². The minimum Gasteiger partial charge on any atom is -0.0626 e. The monoisotopic (exact) mass is 197 g/mol. The summed E-state index contributed by atoms with van der Waals surface area (Å²) < 4.78 is 0. The Bertz CT molecular complexity index is 3.25. The maximum atomic E-state index is 0. The van der Waals surface area contributed by atoms with Gasteiger partial charge in [0, 0.05) is 0 Å². The van der Waals surface area contributed by atoms with Gasteiger partial charge >= 0.3 is 40.4 Å². The van der Waals surface area contributed by atoms with E-state index in [9.17, 15) is 0 Å². The Morgan fingerprint density at radius 2 is 0.500 bits per heavy atom. The van der Waals surface area contributed by atoms with E-state index >= 15 is 0 Å². The molecule has 0 aromatic carbocycles. The number of rotatable bonds is 0. The zero-order valence-corrected chi connectivity index (χ0v) is 3.03. The van der Waals surface area contributed by atoms with Crippen molar-refractivity contribution in [3.05, 3.63) is 0 Å². The van der Waals surface area contributed by atoms with E-state index in [1.807, 2.05) is 0 Å². The van der Waals surface area contributed by atoms with Crippen molar-refractivity contribution in [2.75, 3.05) is 0 Å². The molecule has 1 radical (unpaired) electrons. The van der Waals surface area contributed by atoms with Crippen molar-refractivity contribution < 1.29 is 40.4 Å². The second kappa shape index (κ2) is 24.1. The van der Waals surface area contributed by atoms with Crippen LogP contribution in [0.5, 0.6) is 0 Å². The number of hydrogen-bond acceptors (Lipinski definition) is 0. The Morgan fingerprint density at radius 1 is 0.500 bits per heavy atom. The molecular formula is H12B3Sm. The largest absolute Gasteiger partial charge is 3.00 e. The van der Waals surface area contributed by atoms with Crippen LogP contribution in [0.2, 0.25) is 0 Å². The quantitative estimate of drug-likeness (QED) is 0.342. The third-order valence-electron chi connectivity index (χ3n) is 0. The molecule has 0 fully saturated rings. The maximum Gasteiger partial charge on any atom is 3.00 e. The van der Waals surface area contributed by atoms with Crippen LogP contribution in [0.15, 0.2) is 0 Å². The molecule has 0 unspecified atom stereocenters. The standard InChI is InChI=1S/3BH4.Sm/h3*1H4;/q3*-1;+3. The van der Waals surface area contributed by atoms with E-state index in [-0.39, 0.29) is 65.6 Å². The van der Waals surface area contributed by atoms with Gasteiger partial charge in [0.25, 0.3) is 0 Å². The summed E-state index contributed by atoms with van der Waals surface area (Å²) >= 11 is 0. The molecule has 0 rings (SSSR count). The smallest absolute Gasteiger partial charge is 0.0626 e. The van der Waals surface area contributed by atoms with Crippen LogP contribution >= 0.6 is 0 Å². The van der Waals surface area contributed by atoms with Gasteiger partial charge in [-0.15, -0.1) is 0 Å². The molecule has 27 valence electrons. The van der Waals surface area contributed by atoms with Gasteiger partial charge in [-0.2, -0.15) is 0 Å². The molecule has 0 aliphatic rings. The molecule has 0 aliphatic carbocycles. The van der Waals surface area contributed by atoms with Gasteiger partial charge in [-0.05, 0) is 0 Å². The molecular weight excluding hydrogens is 183 g/mol. The van der Waals surface area contributed by atoms with E-state index in [1.165, 1.54) is 0 Å². The average molecular weight is 195 g/mol. The molecule has 0 saturated carbocycles. The van der Waals surface area contributed by atoms with Gasteiger partial charge in [0.2, 0.25) is 0 Å². The fourth-order valence-electron chi connectivity index (χ4n) is 0. The van der Waals surface area contributed by atoms with Crippen LogP contribution < -0.4 is 0 Å². The normalized spacial score (nSPS) is 0. The summed E-state index contributed by atoms with van der Waals surface area (Å²) in [6, 6.07) is 0. The van der Waals surface area contributed by atoms with Gasteiger partial charge in [-0.1, -0.05) is 25.2 Å². The summed E-state index contributed by atoms with van der Waals surface area (Å²) in [4.78, 5) is 0. The molecule has 0 aromatic heterocycles. The van der Waals surface area contributed by atoms with Crippen LogP contribution in [0, 0.1) is 40.4 Å². The van der Waals surface area contributed by atoms with Crippen molar-refractivity contribution in [2.24, 2.45) is 0 Å². The molecule has 0 amide bonds. The van der Waals surface area contributed by atoms with E-state index in [0.29, 0.717) is 0 Å². The molecule has 0 saturated heterocycles. The van der Waals surface area contributed by atoms with Crippen LogP contribution in [0.4, 0.5) is 0 Å². The van der Waals surface area contributed by atoms with Gasteiger partial charge in [0.05, 0.1) is 0 Å². The molecule has 0 heterocycles. The fourth-order valence-corrected chi connectivity index (χ4v) is 0. The zero-order chi connectivity index (χ0) is 0. The zero-order valence-electron chi connectivity index (χ0n) is 0.408. The number of hydrogen-bond donors (Lipinski definition) is 0. The second-order valence-corrected chi connectivity index (χ2v) is 0. The van der Waals surface area contributed by atoms with Gasteiger partial charge in [0.15, 0.2) is 0 Å². The Balaban J connectivity index is 0. The van der Waals surface area contributed by atoms with E-state index in [1.54, 1.807) is 0 Å². The van der Waals surface area contributed by atoms with Crippen molar-refractivity contribution in [3.8, 4) is 0 Å². The van der Waals surface area contributed by atoms with Crippen molar-refractivity contribution in [3.63, 3.8) is 0 Å². The molecule has 4 heteroatoms. The van der Waals surface area contributed by atoms with Crippen molar-refractivity contribution in [1.82, 2.24) is 0 Å². The fraction of sp³-hybridized carbons (Fsp3) is 0. The van der Waals surface area contributed by atoms with Crippen LogP contribution in [-0.4, -0.2) is 25.2 Å². The summed E-state index contributed by atoms with van der Waals surface area (Å²) in [7, 11) is 0. The SMILES string of the molecule is [BH4-].[BH4-].[BH4-].[Sm+3]. The van der Waals surface area contributed by atoms with Crippen molar-refractivity contribution in [1.29, 1.82) is 0 Å². The summed E-state index contributed by atoms with van der Waals surface area (Å²) in [5.74, 6) is 0. The predicted octanol–water partition coefficient (Wildman–Crippen LogP) is -4.35. The Hall–Kier alpha value is 1.53. The molecule has 0 aliphatic heterocycles. The van der Waals surface area contributed by atoms with E-state index in [2.05, 4.69) is 0 Å². The maximum absolute atomic E-state index is 0. The molecule has 4 heavy (non-hydrogen) atoms. The Kier molecular flexibility index (Phi) is 291. The van der Waals surface area contributed by atoms with Crippen LogP contribution in [0.1, 0.15) is 0 Å². The molecule has 0 atom stereocenters. The van der Waals surface area contributed by atoms with Gasteiger partial charge < -0.3 is 0 Å². The minimum absolute atomic E-state index is 0. The molecule has 0 aromatic rings. The topological polar surface area (TPSA) is 0 Å². The van der Waals surface area contributed by atoms with Gasteiger partial charge in [-0.25, -0.2) is 0 Å². The van der Waals surface area contributed by atoms with E-state index < -0.39 is 0 Å².